The van der Waals surface area contributed by atoms with Crippen molar-refractivity contribution in [2.24, 2.45) is 5.92 Å². The maximum atomic E-state index is 12.6. The number of carbonyl (C=O) groups is 1. The van der Waals surface area contributed by atoms with E-state index in [-0.39, 0.29) is 11.6 Å². The minimum Gasteiger partial charge on any atom is -0.333 e. The standard InChI is InChI=1S/C18H22N4O/c1-18-6-5-15(10-18)12-22(18)17(23)20-16-4-2-3-14(9-16)11-21-8-7-19-13-21/h2-4,7-9,13,15H,5-6,10-12H2,1H3,(H,20,23). The highest BCUT2D eigenvalue weighted by atomic mass is 16.2. The number of nitrogens with zero attached hydrogens (tertiary/aromatic N) is 3. The summed E-state index contributed by atoms with van der Waals surface area (Å²) in [6, 6.07) is 8.07. The van der Waals surface area contributed by atoms with Crippen LogP contribution in [0.3, 0.4) is 0 Å². The predicted octanol–water partition coefficient (Wildman–Crippen LogP) is 3.34. The van der Waals surface area contributed by atoms with E-state index in [0.29, 0.717) is 5.92 Å². The Hall–Kier alpha value is -2.30. The molecule has 2 fully saturated rings. The summed E-state index contributed by atoms with van der Waals surface area (Å²) in [7, 11) is 0. The van der Waals surface area contributed by atoms with Gasteiger partial charge in [0, 0.05) is 36.7 Å². The van der Waals surface area contributed by atoms with Crippen molar-refractivity contribution in [3.63, 3.8) is 0 Å². The molecule has 2 atom stereocenters. The van der Waals surface area contributed by atoms with Gasteiger partial charge in [0.25, 0.3) is 0 Å². The van der Waals surface area contributed by atoms with Gasteiger partial charge >= 0.3 is 6.03 Å². The van der Waals surface area contributed by atoms with E-state index in [1.54, 1.807) is 12.5 Å². The molecule has 0 radical (unpaired) electrons. The van der Waals surface area contributed by atoms with Crippen LogP contribution in [0.15, 0.2) is 43.0 Å². The highest BCUT2D eigenvalue weighted by Gasteiger charge is 2.49. The first-order valence-corrected chi connectivity index (χ1v) is 8.26. The van der Waals surface area contributed by atoms with Crippen LogP contribution in [0.4, 0.5) is 10.5 Å². The van der Waals surface area contributed by atoms with Crippen LogP contribution in [-0.4, -0.2) is 32.6 Å². The lowest BCUT2D eigenvalue weighted by Crippen LogP contribution is -2.48. The zero-order valence-electron chi connectivity index (χ0n) is 13.4. The highest BCUT2D eigenvalue weighted by molar-refractivity contribution is 5.90. The van der Waals surface area contributed by atoms with Gasteiger partial charge in [0.15, 0.2) is 0 Å². The number of carbonyl (C=O) groups excluding carboxylic acids is 1. The van der Waals surface area contributed by atoms with Gasteiger partial charge < -0.3 is 14.8 Å². The number of rotatable bonds is 3. The molecule has 1 aliphatic carbocycles. The third-order valence-electron chi connectivity index (χ3n) is 5.26. The normalized spacial score (nSPS) is 25.8. The van der Waals surface area contributed by atoms with Crippen LogP contribution in [0, 0.1) is 5.92 Å². The highest BCUT2D eigenvalue weighted by Crippen LogP contribution is 2.46. The lowest BCUT2D eigenvalue weighted by Gasteiger charge is -2.35. The van der Waals surface area contributed by atoms with Crippen molar-refractivity contribution in [2.45, 2.75) is 38.3 Å². The first kappa shape index (κ1) is 14.3. The molecule has 0 spiro atoms. The Labute approximate surface area is 136 Å². The van der Waals surface area contributed by atoms with Crippen molar-refractivity contribution in [1.82, 2.24) is 14.5 Å². The number of piperidine rings is 1. The van der Waals surface area contributed by atoms with Crippen LogP contribution in [0.5, 0.6) is 0 Å². The van der Waals surface area contributed by atoms with E-state index in [0.717, 1.165) is 37.2 Å². The number of anilines is 1. The molecule has 5 nitrogen and oxygen atoms in total. The van der Waals surface area contributed by atoms with Gasteiger partial charge in [-0.05, 0) is 49.8 Å². The van der Waals surface area contributed by atoms with Crippen LogP contribution in [0.2, 0.25) is 0 Å². The topological polar surface area (TPSA) is 50.2 Å². The molecule has 2 heterocycles. The molecule has 4 rings (SSSR count). The Morgan fingerprint density at radius 3 is 3.09 bits per heavy atom. The Kier molecular flexibility index (Phi) is 3.36. The molecule has 1 aromatic heterocycles. The molecular weight excluding hydrogens is 288 g/mol. The molecule has 2 bridgehead atoms. The van der Waals surface area contributed by atoms with E-state index in [4.69, 9.17) is 0 Å². The van der Waals surface area contributed by atoms with Crippen molar-refractivity contribution in [1.29, 1.82) is 0 Å². The van der Waals surface area contributed by atoms with E-state index < -0.39 is 0 Å². The number of benzene rings is 1. The number of aromatic nitrogens is 2. The van der Waals surface area contributed by atoms with Crippen LogP contribution >= 0.6 is 0 Å². The second-order valence-electron chi connectivity index (χ2n) is 7.08. The van der Waals surface area contributed by atoms with Crippen molar-refractivity contribution >= 4 is 11.7 Å². The van der Waals surface area contributed by atoms with Gasteiger partial charge in [-0.1, -0.05) is 12.1 Å². The number of nitrogens with one attached hydrogen (secondary N) is 1. The summed E-state index contributed by atoms with van der Waals surface area (Å²) in [6.07, 6.45) is 9.06. The molecule has 1 N–H and O–H groups in total. The van der Waals surface area contributed by atoms with Crippen LogP contribution in [0.1, 0.15) is 31.7 Å². The van der Waals surface area contributed by atoms with Crippen molar-refractivity contribution < 1.29 is 4.79 Å². The number of fused-ring (bicyclic) bond motifs is 2. The lowest BCUT2D eigenvalue weighted by atomic mass is 10.0. The Morgan fingerprint density at radius 2 is 2.39 bits per heavy atom. The number of hydrogen-bond acceptors (Lipinski definition) is 2. The molecule has 2 aromatic rings. The van der Waals surface area contributed by atoms with E-state index in [1.807, 2.05) is 33.9 Å². The van der Waals surface area contributed by atoms with Crippen LogP contribution in [0.25, 0.3) is 0 Å². The summed E-state index contributed by atoms with van der Waals surface area (Å²) in [5.41, 5.74) is 2.07. The van der Waals surface area contributed by atoms with Crippen molar-refractivity contribution in [2.75, 3.05) is 11.9 Å². The number of hydrogen-bond donors (Lipinski definition) is 1. The summed E-state index contributed by atoms with van der Waals surface area (Å²) in [4.78, 5) is 18.7. The van der Waals surface area contributed by atoms with E-state index in [1.165, 1.54) is 6.42 Å². The molecule has 5 heteroatoms. The molecule has 120 valence electrons. The molecule has 1 saturated carbocycles. The number of amides is 2. The van der Waals surface area contributed by atoms with E-state index in [2.05, 4.69) is 23.3 Å². The third kappa shape index (κ3) is 2.71. The molecule has 2 unspecified atom stereocenters. The SMILES string of the molecule is CC12CCC(CN1C(=O)Nc1cccc(Cn3ccnc3)c1)C2. The maximum absolute atomic E-state index is 12.6. The fraction of sp³-hybridized carbons (Fsp3) is 0.444. The largest absolute Gasteiger partial charge is 0.333 e. The van der Waals surface area contributed by atoms with Gasteiger partial charge in [0.05, 0.1) is 6.33 Å². The molecule has 2 aliphatic rings. The first-order valence-electron chi connectivity index (χ1n) is 8.26. The maximum Gasteiger partial charge on any atom is 0.322 e. The summed E-state index contributed by atoms with van der Waals surface area (Å²) >= 11 is 0. The second kappa shape index (κ2) is 5.41. The van der Waals surface area contributed by atoms with Gasteiger partial charge in [0.1, 0.15) is 0 Å². The number of imidazole rings is 1. The fourth-order valence-corrected chi connectivity index (χ4v) is 4.08. The molecule has 1 aliphatic heterocycles. The average Bonchev–Trinajstić information content (AvgIpc) is 3.22. The van der Waals surface area contributed by atoms with Crippen LogP contribution in [-0.2, 0) is 6.54 Å². The Balaban J connectivity index is 1.45. The molecule has 1 aromatic carbocycles. The molecular formula is C18H22N4O. The van der Waals surface area contributed by atoms with Gasteiger partial charge in [-0.3, -0.25) is 0 Å². The molecule has 1 saturated heterocycles. The minimum absolute atomic E-state index is 0.0366. The van der Waals surface area contributed by atoms with Crippen LogP contribution < -0.4 is 5.32 Å². The van der Waals surface area contributed by atoms with Gasteiger partial charge in [-0.25, -0.2) is 9.78 Å². The summed E-state index contributed by atoms with van der Waals surface area (Å²) in [5.74, 6) is 0.693. The van der Waals surface area contributed by atoms with E-state index in [9.17, 15) is 4.79 Å². The van der Waals surface area contributed by atoms with Crippen molar-refractivity contribution in [3.05, 3.63) is 48.5 Å². The van der Waals surface area contributed by atoms with Gasteiger partial charge in [-0.15, -0.1) is 0 Å². The summed E-state index contributed by atoms with van der Waals surface area (Å²) < 4.78 is 2.02. The predicted molar refractivity (Wildman–Crippen MR) is 89.2 cm³/mol. The first-order chi connectivity index (χ1) is 11.1. The fourth-order valence-electron chi connectivity index (χ4n) is 4.08. The Bertz CT molecular complexity index is 712. The third-order valence-corrected chi connectivity index (χ3v) is 5.26. The number of likely N-dealkylation sites (tertiary alicyclic amines) is 1. The van der Waals surface area contributed by atoms with Gasteiger partial charge in [0.2, 0.25) is 0 Å². The smallest absolute Gasteiger partial charge is 0.322 e. The molecule has 23 heavy (non-hydrogen) atoms. The van der Waals surface area contributed by atoms with Crippen molar-refractivity contribution in [3.8, 4) is 0 Å². The van der Waals surface area contributed by atoms with Gasteiger partial charge in [-0.2, -0.15) is 0 Å². The monoisotopic (exact) mass is 310 g/mol. The zero-order valence-corrected chi connectivity index (χ0v) is 13.4. The van der Waals surface area contributed by atoms with E-state index >= 15 is 0 Å². The minimum atomic E-state index is 0.0366. The average molecular weight is 310 g/mol. The zero-order chi connectivity index (χ0) is 15.9. The summed E-state index contributed by atoms with van der Waals surface area (Å²) in [6.45, 7) is 3.87. The molecule has 2 amide bonds. The second-order valence-corrected chi connectivity index (χ2v) is 7.08. The number of urea groups is 1. The summed E-state index contributed by atoms with van der Waals surface area (Å²) in [5, 5.41) is 3.08. The Morgan fingerprint density at radius 1 is 1.48 bits per heavy atom. The quantitative estimate of drug-likeness (QED) is 0.945. The lowest BCUT2D eigenvalue weighted by molar-refractivity contribution is 0.153.